The minimum atomic E-state index is -1.17. The van der Waals surface area contributed by atoms with E-state index in [1.54, 1.807) is 12.4 Å². The van der Waals surface area contributed by atoms with Gasteiger partial charge in [0.2, 0.25) is 0 Å². The van der Waals surface area contributed by atoms with Gasteiger partial charge in [0.25, 0.3) is 0 Å². The number of ether oxygens (including phenoxy) is 1. The van der Waals surface area contributed by atoms with Gasteiger partial charge in [0, 0.05) is 12.5 Å². The number of benzene rings is 3. The van der Waals surface area contributed by atoms with E-state index in [1.165, 1.54) is 0 Å². The summed E-state index contributed by atoms with van der Waals surface area (Å²) < 4.78 is 5.47. The Morgan fingerprint density at radius 3 is 2.39 bits per heavy atom. The number of para-hydroxylation sites is 1. The lowest BCUT2D eigenvalue weighted by molar-refractivity contribution is -0.138. The Morgan fingerprint density at radius 1 is 1.00 bits per heavy atom. The Balaban J connectivity index is 1.23. The second-order valence-corrected chi connectivity index (χ2v) is 7.85. The summed E-state index contributed by atoms with van der Waals surface area (Å²) in [5.74, 6) is -1.26. The van der Waals surface area contributed by atoms with E-state index in [2.05, 4.69) is 32.7 Å². The van der Waals surface area contributed by atoms with Gasteiger partial charge in [-0.25, -0.2) is 14.6 Å². The van der Waals surface area contributed by atoms with E-state index >= 15 is 0 Å². The fourth-order valence-electron chi connectivity index (χ4n) is 4.30. The van der Waals surface area contributed by atoms with Crippen molar-refractivity contribution in [3.05, 3.63) is 84.2 Å². The summed E-state index contributed by atoms with van der Waals surface area (Å²) in [5.41, 5.74) is 6.64. The Morgan fingerprint density at radius 2 is 1.70 bits per heavy atom. The van der Waals surface area contributed by atoms with Gasteiger partial charge in [-0.3, -0.25) is 0 Å². The smallest absolute Gasteiger partial charge is 0.407 e. The third-order valence-electron chi connectivity index (χ3n) is 5.88. The van der Waals surface area contributed by atoms with Crippen molar-refractivity contribution >= 4 is 28.8 Å². The molecule has 0 saturated heterocycles. The van der Waals surface area contributed by atoms with Crippen molar-refractivity contribution in [3.8, 4) is 11.1 Å². The fraction of sp³-hybridized carbons (Fsp3) is 0.160. The first-order chi connectivity index (χ1) is 16.1. The summed E-state index contributed by atoms with van der Waals surface area (Å²) in [6.45, 7) is 0.0949. The molecular formula is C25H22N4O4. The highest BCUT2D eigenvalue weighted by Gasteiger charge is 2.29. The number of hydrogen-bond donors (Lipinski definition) is 4. The molecule has 3 aromatic carbocycles. The summed E-state index contributed by atoms with van der Waals surface area (Å²) in [7, 11) is 0. The van der Waals surface area contributed by atoms with Crippen LogP contribution < -0.4 is 10.6 Å². The molecule has 8 nitrogen and oxygen atoms in total. The monoisotopic (exact) mass is 442 g/mol. The number of aliphatic carboxylic acids is 1. The standard InChI is InChI=1S/C25H22N4O4/c30-24(31)22(12-26-20-10-5-11-21-23(20)28-14-27-21)29-25(32)33-13-19-17-8-3-1-6-15(17)16-7-2-4-9-18(16)19/h1-11,14,19,22,26H,12-13H2,(H,27,28)(H,29,32)(H,30,31)/t22-/m0/s1. The van der Waals surface area contributed by atoms with E-state index in [1.807, 2.05) is 48.5 Å². The summed E-state index contributed by atoms with van der Waals surface area (Å²) in [4.78, 5) is 31.4. The number of H-pyrrole nitrogens is 1. The Kier molecular flexibility index (Phi) is 5.40. The van der Waals surface area contributed by atoms with Crippen LogP contribution in [-0.2, 0) is 9.53 Å². The number of nitrogens with one attached hydrogen (secondary N) is 3. The van der Waals surface area contributed by atoms with Gasteiger partial charge in [-0.05, 0) is 34.4 Å². The first-order valence-corrected chi connectivity index (χ1v) is 10.6. The highest BCUT2D eigenvalue weighted by Crippen LogP contribution is 2.44. The molecule has 0 radical (unpaired) electrons. The normalized spacial score (nSPS) is 13.2. The van der Waals surface area contributed by atoms with Crippen LogP contribution in [0.25, 0.3) is 22.2 Å². The van der Waals surface area contributed by atoms with E-state index in [9.17, 15) is 14.7 Å². The molecule has 0 fully saturated rings. The van der Waals surface area contributed by atoms with Crippen LogP contribution in [-0.4, -0.2) is 46.3 Å². The molecule has 4 N–H and O–H groups in total. The second-order valence-electron chi connectivity index (χ2n) is 7.85. The molecule has 1 aliphatic carbocycles. The second kappa shape index (κ2) is 8.66. The summed E-state index contributed by atoms with van der Waals surface area (Å²) >= 11 is 0. The molecule has 4 aromatic rings. The van der Waals surface area contributed by atoms with E-state index in [-0.39, 0.29) is 19.1 Å². The predicted octanol–water partition coefficient (Wildman–Crippen LogP) is 3.97. The van der Waals surface area contributed by atoms with Crippen molar-refractivity contribution in [3.63, 3.8) is 0 Å². The molecule has 0 aliphatic heterocycles. The number of imidazole rings is 1. The summed E-state index contributed by atoms with van der Waals surface area (Å²) in [6.07, 6.45) is 0.795. The quantitative estimate of drug-likeness (QED) is 0.344. The molecule has 8 heteroatoms. The molecule has 33 heavy (non-hydrogen) atoms. The molecule has 0 unspecified atom stereocenters. The summed E-state index contributed by atoms with van der Waals surface area (Å²) in [6, 6.07) is 20.4. The van der Waals surface area contributed by atoms with E-state index in [0.717, 1.165) is 27.8 Å². The van der Waals surface area contributed by atoms with Crippen LogP contribution in [0.1, 0.15) is 17.0 Å². The number of aromatic amines is 1. The molecule has 166 valence electrons. The number of anilines is 1. The Hall–Kier alpha value is -4.33. The van der Waals surface area contributed by atoms with Crippen molar-refractivity contribution < 1.29 is 19.4 Å². The molecule has 1 aliphatic rings. The van der Waals surface area contributed by atoms with Gasteiger partial charge < -0.3 is 25.5 Å². The van der Waals surface area contributed by atoms with Crippen molar-refractivity contribution in [2.24, 2.45) is 0 Å². The van der Waals surface area contributed by atoms with Gasteiger partial charge in [0.05, 0.1) is 17.5 Å². The highest BCUT2D eigenvalue weighted by atomic mass is 16.5. The van der Waals surface area contributed by atoms with Gasteiger partial charge >= 0.3 is 12.1 Å². The van der Waals surface area contributed by atoms with Crippen molar-refractivity contribution in [1.29, 1.82) is 0 Å². The lowest BCUT2D eigenvalue weighted by atomic mass is 9.98. The van der Waals surface area contributed by atoms with Crippen molar-refractivity contribution in [1.82, 2.24) is 15.3 Å². The fourth-order valence-corrected chi connectivity index (χ4v) is 4.30. The minimum absolute atomic E-state index is 0.0223. The Bertz CT molecular complexity index is 1290. The zero-order chi connectivity index (χ0) is 22.8. The maximum Gasteiger partial charge on any atom is 0.407 e. The van der Waals surface area contributed by atoms with Crippen LogP contribution in [0.3, 0.4) is 0 Å². The molecule has 5 rings (SSSR count). The van der Waals surface area contributed by atoms with Crippen molar-refractivity contribution in [2.75, 3.05) is 18.5 Å². The molecule has 0 bridgehead atoms. The first-order valence-electron chi connectivity index (χ1n) is 10.6. The van der Waals surface area contributed by atoms with E-state index < -0.39 is 18.1 Å². The number of carboxylic acid groups (broad SMARTS) is 1. The lowest BCUT2D eigenvalue weighted by Crippen LogP contribution is -2.45. The minimum Gasteiger partial charge on any atom is -0.480 e. The van der Waals surface area contributed by atoms with Gasteiger partial charge in [-0.2, -0.15) is 0 Å². The van der Waals surface area contributed by atoms with Crippen LogP contribution in [0, 0.1) is 0 Å². The van der Waals surface area contributed by atoms with Crippen molar-refractivity contribution in [2.45, 2.75) is 12.0 Å². The van der Waals surface area contributed by atoms with Crippen LogP contribution >= 0.6 is 0 Å². The summed E-state index contributed by atoms with van der Waals surface area (Å²) in [5, 5.41) is 15.1. The molecule has 1 aromatic heterocycles. The lowest BCUT2D eigenvalue weighted by Gasteiger charge is -2.18. The van der Waals surface area contributed by atoms with Gasteiger partial charge in [0.15, 0.2) is 0 Å². The molecule has 1 heterocycles. The number of rotatable bonds is 7. The predicted molar refractivity (Wildman–Crippen MR) is 124 cm³/mol. The molecular weight excluding hydrogens is 420 g/mol. The number of hydrogen-bond acceptors (Lipinski definition) is 5. The molecule has 0 spiro atoms. The number of nitrogens with zero attached hydrogens (tertiary/aromatic N) is 1. The van der Waals surface area contributed by atoms with Crippen LogP contribution in [0.15, 0.2) is 73.1 Å². The average Bonchev–Trinajstić information content (AvgIpc) is 3.43. The largest absolute Gasteiger partial charge is 0.480 e. The van der Waals surface area contributed by atoms with Gasteiger partial charge in [-0.1, -0.05) is 54.6 Å². The van der Waals surface area contributed by atoms with E-state index in [0.29, 0.717) is 11.2 Å². The maximum absolute atomic E-state index is 12.5. The third-order valence-corrected chi connectivity index (χ3v) is 5.88. The maximum atomic E-state index is 12.5. The number of carbonyl (C=O) groups excluding carboxylic acids is 1. The average molecular weight is 442 g/mol. The topological polar surface area (TPSA) is 116 Å². The van der Waals surface area contributed by atoms with Gasteiger partial charge in [0.1, 0.15) is 18.2 Å². The van der Waals surface area contributed by atoms with Gasteiger partial charge in [-0.15, -0.1) is 0 Å². The highest BCUT2D eigenvalue weighted by molar-refractivity contribution is 5.88. The number of carboxylic acids is 1. The number of carbonyl (C=O) groups is 2. The number of amides is 1. The third kappa shape index (κ3) is 3.98. The molecule has 1 amide bonds. The van der Waals surface area contributed by atoms with Crippen LogP contribution in [0.2, 0.25) is 0 Å². The number of fused-ring (bicyclic) bond motifs is 4. The SMILES string of the molecule is O=C(N[C@@H](CNc1cccc2[nH]cnc12)C(=O)O)OCC1c2ccccc2-c2ccccc21. The molecule has 0 saturated carbocycles. The van der Waals surface area contributed by atoms with Crippen LogP contribution in [0.4, 0.5) is 10.5 Å². The van der Waals surface area contributed by atoms with Crippen LogP contribution in [0.5, 0.6) is 0 Å². The van der Waals surface area contributed by atoms with E-state index in [4.69, 9.17) is 4.74 Å². The zero-order valence-corrected chi connectivity index (χ0v) is 17.6. The molecule has 1 atom stereocenters. The number of aromatic nitrogens is 2. The number of alkyl carbamates (subject to hydrolysis) is 1. The Labute approximate surface area is 189 Å². The zero-order valence-electron chi connectivity index (χ0n) is 17.6. The first kappa shape index (κ1) is 20.6.